The van der Waals surface area contributed by atoms with E-state index >= 15 is 0 Å². The van der Waals surface area contributed by atoms with Gasteiger partial charge in [0.05, 0.1) is 0 Å². The van der Waals surface area contributed by atoms with Gasteiger partial charge in [-0.3, -0.25) is 9.78 Å². The van der Waals surface area contributed by atoms with Crippen LogP contribution in [-0.2, 0) is 17.0 Å². The highest BCUT2D eigenvalue weighted by molar-refractivity contribution is 7.98. The molecular formula is C19H24N2OS. The maximum atomic E-state index is 12.0. The first-order valence-corrected chi connectivity index (χ1v) is 9.12. The zero-order valence-electron chi connectivity index (χ0n) is 13.8. The Hall–Kier alpha value is -1.81. The van der Waals surface area contributed by atoms with E-state index in [9.17, 15) is 4.79 Å². The Kier molecular flexibility index (Phi) is 7.14. The average molecular weight is 328 g/mol. The first-order valence-electron chi connectivity index (χ1n) is 7.96. The van der Waals surface area contributed by atoms with Gasteiger partial charge in [-0.1, -0.05) is 36.4 Å². The number of amides is 1. The molecule has 4 heteroatoms. The van der Waals surface area contributed by atoms with Gasteiger partial charge < -0.3 is 5.32 Å². The third kappa shape index (κ3) is 6.45. The zero-order valence-corrected chi connectivity index (χ0v) is 14.6. The highest BCUT2D eigenvalue weighted by Gasteiger charge is 2.10. The molecule has 1 heterocycles. The zero-order chi connectivity index (χ0) is 16.5. The topological polar surface area (TPSA) is 42.0 Å². The largest absolute Gasteiger partial charge is 0.353 e. The third-order valence-electron chi connectivity index (χ3n) is 3.61. The summed E-state index contributed by atoms with van der Waals surface area (Å²) in [6.07, 6.45) is 3.13. The van der Waals surface area contributed by atoms with E-state index in [-0.39, 0.29) is 11.9 Å². The molecule has 2 aromatic rings. The molecule has 0 aliphatic rings. The van der Waals surface area contributed by atoms with Crippen LogP contribution in [0.5, 0.6) is 0 Å². The molecule has 0 bridgehead atoms. The Morgan fingerprint density at radius 1 is 1.22 bits per heavy atom. The molecule has 2 rings (SSSR count). The monoisotopic (exact) mass is 328 g/mol. The number of hydrogen-bond donors (Lipinski definition) is 1. The number of rotatable bonds is 8. The summed E-state index contributed by atoms with van der Waals surface area (Å²) in [5.41, 5.74) is 3.53. The Bertz CT molecular complexity index is 616. The molecule has 122 valence electrons. The van der Waals surface area contributed by atoms with Gasteiger partial charge in [-0.15, -0.1) is 0 Å². The number of carbonyl (C=O) groups excluding carboxylic acids is 1. The average Bonchev–Trinajstić information content (AvgIpc) is 2.55. The quantitative estimate of drug-likeness (QED) is 0.750. The number of hydrogen-bond acceptors (Lipinski definition) is 3. The van der Waals surface area contributed by atoms with Gasteiger partial charge in [0.25, 0.3) is 0 Å². The fraction of sp³-hybridized carbons (Fsp3) is 0.368. The van der Waals surface area contributed by atoms with Gasteiger partial charge in [-0.2, -0.15) is 11.8 Å². The molecule has 3 nitrogen and oxygen atoms in total. The molecule has 0 radical (unpaired) electrons. The minimum absolute atomic E-state index is 0.107. The lowest BCUT2D eigenvalue weighted by Crippen LogP contribution is -2.34. The van der Waals surface area contributed by atoms with E-state index in [0.717, 1.165) is 23.6 Å². The van der Waals surface area contributed by atoms with Gasteiger partial charge in [-0.05, 0) is 31.0 Å². The van der Waals surface area contributed by atoms with E-state index in [1.165, 1.54) is 11.1 Å². The van der Waals surface area contributed by atoms with Crippen LogP contribution in [-0.4, -0.2) is 22.7 Å². The fourth-order valence-electron chi connectivity index (χ4n) is 2.35. The summed E-state index contributed by atoms with van der Waals surface area (Å²) in [5.74, 6) is 1.92. The molecule has 1 N–H and O–H groups in total. The van der Waals surface area contributed by atoms with Crippen molar-refractivity contribution in [3.8, 4) is 0 Å². The lowest BCUT2D eigenvalue weighted by Gasteiger charge is -2.14. The lowest BCUT2D eigenvalue weighted by atomic mass is 10.1. The van der Waals surface area contributed by atoms with Crippen molar-refractivity contribution in [2.24, 2.45) is 0 Å². The van der Waals surface area contributed by atoms with Crippen LogP contribution in [0.3, 0.4) is 0 Å². The molecule has 0 spiro atoms. The van der Waals surface area contributed by atoms with Crippen molar-refractivity contribution < 1.29 is 4.79 Å². The molecule has 0 fully saturated rings. The van der Waals surface area contributed by atoms with E-state index in [2.05, 4.69) is 35.4 Å². The van der Waals surface area contributed by atoms with Crippen molar-refractivity contribution in [2.75, 3.05) is 5.75 Å². The minimum Gasteiger partial charge on any atom is -0.353 e. The van der Waals surface area contributed by atoms with Crippen LogP contribution in [0, 0.1) is 6.92 Å². The lowest BCUT2D eigenvalue weighted by molar-refractivity contribution is -0.121. The molecule has 1 atom stereocenters. The molecule has 0 aliphatic heterocycles. The molecule has 0 saturated carbocycles. The molecule has 0 unspecified atom stereocenters. The maximum absolute atomic E-state index is 12.0. The number of aromatic nitrogens is 1. The third-order valence-corrected chi connectivity index (χ3v) is 4.64. The van der Waals surface area contributed by atoms with Gasteiger partial charge in [0.2, 0.25) is 5.91 Å². The van der Waals surface area contributed by atoms with Gasteiger partial charge in [0, 0.05) is 42.3 Å². The Morgan fingerprint density at radius 3 is 2.74 bits per heavy atom. The minimum atomic E-state index is 0.107. The second kappa shape index (κ2) is 9.36. The first kappa shape index (κ1) is 17.5. The number of aryl methyl sites for hydroxylation is 1. The Labute approximate surface area is 142 Å². The summed E-state index contributed by atoms with van der Waals surface area (Å²) in [5, 5.41) is 3.06. The van der Waals surface area contributed by atoms with E-state index in [1.54, 1.807) is 18.0 Å². The second-order valence-electron chi connectivity index (χ2n) is 5.73. The standard InChI is InChI=1S/C19H24N2OS/c1-15-7-6-11-20-18(15)13-16(2)21-19(22)10-12-23-14-17-8-4-3-5-9-17/h3-9,11,16H,10,12-14H2,1-2H3,(H,21,22)/t16-/m1/s1. The first-order chi connectivity index (χ1) is 11.1. The van der Waals surface area contributed by atoms with E-state index in [4.69, 9.17) is 0 Å². The normalized spacial score (nSPS) is 11.9. The highest BCUT2D eigenvalue weighted by atomic mass is 32.2. The predicted molar refractivity (Wildman–Crippen MR) is 97.5 cm³/mol. The SMILES string of the molecule is Cc1cccnc1C[C@@H](C)NC(=O)CCSCc1ccccc1. The van der Waals surface area contributed by atoms with Gasteiger partial charge in [0.15, 0.2) is 0 Å². The summed E-state index contributed by atoms with van der Waals surface area (Å²) in [4.78, 5) is 16.4. The number of pyridine rings is 1. The van der Waals surface area contributed by atoms with Crippen LogP contribution in [0.25, 0.3) is 0 Å². The number of nitrogens with one attached hydrogen (secondary N) is 1. The van der Waals surface area contributed by atoms with E-state index in [0.29, 0.717) is 6.42 Å². The van der Waals surface area contributed by atoms with Gasteiger partial charge in [-0.25, -0.2) is 0 Å². The van der Waals surface area contributed by atoms with Crippen molar-refractivity contribution >= 4 is 17.7 Å². The molecule has 1 amide bonds. The van der Waals surface area contributed by atoms with Crippen molar-refractivity contribution in [3.05, 3.63) is 65.5 Å². The smallest absolute Gasteiger partial charge is 0.221 e. The molecule has 0 saturated heterocycles. The van der Waals surface area contributed by atoms with Crippen LogP contribution in [0.15, 0.2) is 48.7 Å². The van der Waals surface area contributed by atoms with E-state index in [1.807, 2.05) is 31.2 Å². The van der Waals surface area contributed by atoms with Crippen LogP contribution in [0.4, 0.5) is 0 Å². The van der Waals surface area contributed by atoms with E-state index < -0.39 is 0 Å². The summed E-state index contributed by atoms with van der Waals surface area (Å²) < 4.78 is 0. The fourth-order valence-corrected chi connectivity index (χ4v) is 3.25. The van der Waals surface area contributed by atoms with Crippen LogP contribution in [0.1, 0.15) is 30.2 Å². The van der Waals surface area contributed by atoms with Gasteiger partial charge in [0.1, 0.15) is 0 Å². The highest BCUT2D eigenvalue weighted by Crippen LogP contribution is 2.12. The summed E-state index contributed by atoms with van der Waals surface area (Å²) in [6, 6.07) is 14.4. The van der Waals surface area contributed by atoms with Crippen molar-refractivity contribution in [1.82, 2.24) is 10.3 Å². The summed E-state index contributed by atoms with van der Waals surface area (Å²) in [7, 11) is 0. The maximum Gasteiger partial charge on any atom is 0.221 e. The number of benzene rings is 1. The van der Waals surface area contributed by atoms with Crippen molar-refractivity contribution in [2.45, 2.75) is 38.5 Å². The molecular weight excluding hydrogens is 304 g/mol. The second-order valence-corrected chi connectivity index (χ2v) is 6.83. The number of nitrogens with zero attached hydrogens (tertiary/aromatic N) is 1. The van der Waals surface area contributed by atoms with Crippen LogP contribution < -0.4 is 5.32 Å². The molecule has 23 heavy (non-hydrogen) atoms. The number of carbonyl (C=O) groups is 1. The van der Waals surface area contributed by atoms with Crippen molar-refractivity contribution in [3.63, 3.8) is 0 Å². The van der Waals surface area contributed by atoms with Crippen molar-refractivity contribution in [1.29, 1.82) is 0 Å². The number of thioether (sulfide) groups is 1. The Balaban J connectivity index is 1.65. The Morgan fingerprint density at radius 2 is 2.00 bits per heavy atom. The molecule has 0 aliphatic carbocycles. The summed E-state index contributed by atoms with van der Waals surface area (Å²) in [6.45, 7) is 4.08. The van der Waals surface area contributed by atoms with Crippen LogP contribution in [0.2, 0.25) is 0 Å². The van der Waals surface area contributed by atoms with Crippen LogP contribution >= 0.6 is 11.8 Å². The molecule has 1 aromatic carbocycles. The summed E-state index contributed by atoms with van der Waals surface area (Å²) >= 11 is 1.80. The van der Waals surface area contributed by atoms with Gasteiger partial charge >= 0.3 is 0 Å². The predicted octanol–water partition coefficient (Wildman–Crippen LogP) is 3.76. The molecule has 1 aromatic heterocycles.